The van der Waals surface area contributed by atoms with E-state index in [9.17, 15) is 13.2 Å². The molecule has 0 aliphatic heterocycles. The van der Waals surface area contributed by atoms with Crippen molar-refractivity contribution in [2.75, 3.05) is 5.43 Å². The van der Waals surface area contributed by atoms with Gasteiger partial charge < -0.3 is 4.57 Å². The summed E-state index contributed by atoms with van der Waals surface area (Å²) in [5.74, 6) is 0. The summed E-state index contributed by atoms with van der Waals surface area (Å²) in [5, 5.41) is 4.02. The smallest absolute Gasteiger partial charge is 0.318 e. The number of halogens is 4. The molecule has 0 fully saturated rings. The molecule has 0 saturated heterocycles. The van der Waals surface area contributed by atoms with Crippen molar-refractivity contribution in [3.8, 4) is 5.69 Å². The van der Waals surface area contributed by atoms with E-state index in [0.717, 1.165) is 32.3 Å². The van der Waals surface area contributed by atoms with E-state index in [1.54, 1.807) is 6.21 Å². The second-order valence-corrected chi connectivity index (χ2v) is 7.30. The second kappa shape index (κ2) is 7.75. The molecule has 1 heterocycles. The highest BCUT2D eigenvalue weighted by molar-refractivity contribution is 14.1. The first kappa shape index (κ1) is 19.5. The number of anilines is 1. The number of alkyl halides is 3. The highest BCUT2D eigenvalue weighted by Gasteiger charge is 2.33. The lowest BCUT2D eigenvalue weighted by Gasteiger charge is -2.11. The highest BCUT2D eigenvalue weighted by Crippen LogP contribution is 2.34. The molecule has 7 heteroatoms. The van der Waals surface area contributed by atoms with Gasteiger partial charge in [0.25, 0.3) is 0 Å². The van der Waals surface area contributed by atoms with Crippen molar-refractivity contribution in [2.24, 2.45) is 5.10 Å². The molecule has 0 atom stereocenters. The summed E-state index contributed by atoms with van der Waals surface area (Å²) in [4.78, 5) is 0. The normalized spacial score (nSPS) is 11.9. The Morgan fingerprint density at radius 2 is 1.70 bits per heavy atom. The van der Waals surface area contributed by atoms with Gasteiger partial charge in [-0.2, -0.15) is 18.3 Å². The number of hydrazone groups is 1. The number of hydrogen-bond acceptors (Lipinski definition) is 2. The van der Waals surface area contributed by atoms with Gasteiger partial charge in [-0.1, -0.05) is 12.1 Å². The van der Waals surface area contributed by atoms with Gasteiger partial charge >= 0.3 is 6.18 Å². The van der Waals surface area contributed by atoms with E-state index in [4.69, 9.17) is 0 Å². The third kappa shape index (κ3) is 4.35. The number of rotatable bonds is 4. The van der Waals surface area contributed by atoms with Crippen LogP contribution in [-0.2, 0) is 6.18 Å². The number of nitrogens with one attached hydrogen (secondary N) is 1. The average molecular weight is 483 g/mol. The quantitative estimate of drug-likeness (QED) is 0.269. The molecule has 0 saturated carbocycles. The van der Waals surface area contributed by atoms with E-state index in [1.165, 1.54) is 18.2 Å². The molecule has 3 aromatic rings. The Morgan fingerprint density at radius 1 is 1.04 bits per heavy atom. The van der Waals surface area contributed by atoms with Crippen LogP contribution in [0.1, 0.15) is 22.5 Å². The summed E-state index contributed by atoms with van der Waals surface area (Å²) < 4.78 is 42.3. The zero-order valence-corrected chi connectivity index (χ0v) is 16.8. The Balaban J connectivity index is 1.86. The van der Waals surface area contributed by atoms with E-state index >= 15 is 0 Å². The van der Waals surface area contributed by atoms with Crippen LogP contribution in [0, 0.1) is 17.4 Å². The van der Waals surface area contributed by atoms with Crippen LogP contribution in [0.3, 0.4) is 0 Å². The number of aromatic nitrogens is 1. The first-order valence-corrected chi connectivity index (χ1v) is 9.25. The SMILES string of the molecule is Cc1cc(C=NNc2ccccc2C(F)(F)F)c(C)n1-c1ccc(I)cc1. The van der Waals surface area contributed by atoms with Crippen LogP contribution < -0.4 is 5.43 Å². The Bertz CT molecular complexity index is 973. The molecule has 0 unspecified atom stereocenters. The fourth-order valence-electron chi connectivity index (χ4n) is 2.90. The summed E-state index contributed by atoms with van der Waals surface area (Å²) in [5.41, 5.74) is 5.54. The van der Waals surface area contributed by atoms with Crippen LogP contribution in [0.25, 0.3) is 5.69 Å². The first-order chi connectivity index (χ1) is 12.8. The molecule has 1 aromatic heterocycles. The van der Waals surface area contributed by atoms with Crippen molar-refractivity contribution in [1.82, 2.24) is 4.57 Å². The second-order valence-electron chi connectivity index (χ2n) is 6.05. The van der Waals surface area contributed by atoms with Crippen LogP contribution in [0.2, 0.25) is 0 Å². The van der Waals surface area contributed by atoms with Gasteiger partial charge in [-0.25, -0.2) is 0 Å². The van der Waals surface area contributed by atoms with E-state index < -0.39 is 11.7 Å². The molecular formula is C20H17F3IN3. The lowest BCUT2D eigenvalue weighted by molar-refractivity contribution is -0.136. The Labute approximate surface area is 169 Å². The average Bonchev–Trinajstić information content (AvgIpc) is 2.89. The Kier molecular flexibility index (Phi) is 5.59. The van der Waals surface area contributed by atoms with Crippen LogP contribution in [-0.4, -0.2) is 10.8 Å². The van der Waals surface area contributed by atoms with Crippen molar-refractivity contribution < 1.29 is 13.2 Å². The zero-order valence-electron chi connectivity index (χ0n) is 14.7. The van der Waals surface area contributed by atoms with Crippen molar-refractivity contribution in [3.05, 3.63) is 80.7 Å². The summed E-state index contributed by atoms with van der Waals surface area (Å²) in [6.07, 6.45) is -2.89. The number of hydrogen-bond donors (Lipinski definition) is 1. The van der Waals surface area contributed by atoms with Crippen LogP contribution in [0.5, 0.6) is 0 Å². The van der Waals surface area contributed by atoms with Gasteiger partial charge in [0.2, 0.25) is 0 Å². The number of aryl methyl sites for hydroxylation is 1. The minimum atomic E-state index is -4.43. The topological polar surface area (TPSA) is 29.3 Å². The molecular weight excluding hydrogens is 466 g/mol. The lowest BCUT2D eigenvalue weighted by Crippen LogP contribution is -2.08. The molecule has 0 spiro atoms. The van der Waals surface area contributed by atoms with Crippen molar-refractivity contribution >= 4 is 34.5 Å². The molecule has 3 nitrogen and oxygen atoms in total. The Morgan fingerprint density at radius 3 is 2.37 bits per heavy atom. The number of para-hydroxylation sites is 1. The van der Waals surface area contributed by atoms with Gasteiger partial charge in [0, 0.05) is 26.2 Å². The first-order valence-electron chi connectivity index (χ1n) is 8.17. The molecule has 0 bridgehead atoms. The largest absolute Gasteiger partial charge is 0.418 e. The van der Waals surface area contributed by atoms with Crippen LogP contribution in [0.15, 0.2) is 59.7 Å². The van der Waals surface area contributed by atoms with Gasteiger partial charge in [0.1, 0.15) is 0 Å². The maximum absolute atomic E-state index is 13.0. The molecule has 140 valence electrons. The zero-order chi connectivity index (χ0) is 19.6. The third-order valence-electron chi connectivity index (χ3n) is 4.18. The van der Waals surface area contributed by atoms with E-state index in [0.29, 0.717) is 0 Å². The predicted molar refractivity (Wildman–Crippen MR) is 111 cm³/mol. The minimum absolute atomic E-state index is 0.0762. The molecule has 0 radical (unpaired) electrons. The van der Waals surface area contributed by atoms with E-state index in [2.05, 4.69) is 37.7 Å². The molecule has 0 aliphatic rings. The monoisotopic (exact) mass is 483 g/mol. The molecule has 0 amide bonds. The molecule has 0 aliphatic carbocycles. The molecule has 27 heavy (non-hydrogen) atoms. The van der Waals surface area contributed by atoms with Crippen molar-refractivity contribution in [2.45, 2.75) is 20.0 Å². The summed E-state index contributed by atoms with van der Waals surface area (Å²) in [6.45, 7) is 3.94. The van der Waals surface area contributed by atoms with Crippen LogP contribution in [0.4, 0.5) is 18.9 Å². The number of benzene rings is 2. The van der Waals surface area contributed by atoms with Gasteiger partial charge in [0.05, 0.1) is 17.5 Å². The van der Waals surface area contributed by atoms with E-state index in [1.807, 2.05) is 44.2 Å². The summed E-state index contributed by atoms with van der Waals surface area (Å²) >= 11 is 2.25. The molecule has 1 N–H and O–H groups in total. The maximum atomic E-state index is 13.0. The van der Waals surface area contributed by atoms with Gasteiger partial charge in [0.15, 0.2) is 0 Å². The highest BCUT2D eigenvalue weighted by atomic mass is 127. The fourth-order valence-corrected chi connectivity index (χ4v) is 3.26. The minimum Gasteiger partial charge on any atom is -0.318 e. The summed E-state index contributed by atoms with van der Waals surface area (Å²) in [6, 6.07) is 15.3. The Hall–Kier alpha value is -2.29. The van der Waals surface area contributed by atoms with Crippen molar-refractivity contribution in [1.29, 1.82) is 0 Å². The van der Waals surface area contributed by atoms with Crippen LogP contribution >= 0.6 is 22.6 Å². The molecule has 3 rings (SSSR count). The van der Waals surface area contributed by atoms with Gasteiger partial charge in [-0.3, -0.25) is 5.43 Å². The third-order valence-corrected chi connectivity index (χ3v) is 4.90. The van der Waals surface area contributed by atoms with Gasteiger partial charge in [-0.15, -0.1) is 0 Å². The molecule has 2 aromatic carbocycles. The van der Waals surface area contributed by atoms with Crippen molar-refractivity contribution in [3.63, 3.8) is 0 Å². The fraction of sp³-hybridized carbons (Fsp3) is 0.150. The van der Waals surface area contributed by atoms with Gasteiger partial charge in [-0.05, 0) is 78.9 Å². The number of nitrogens with zero attached hydrogens (tertiary/aromatic N) is 2. The standard InChI is InChI=1S/C20H17F3IN3/c1-13-11-15(14(2)27(13)17-9-7-16(24)8-10-17)12-25-26-19-6-4-3-5-18(19)20(21,22)23/h3-12,26H,1-2H3. The lowest BCUT2D eigenvalue weighted by atomic mass is 10.2. The predicted octanol–water partition coefficient (Wildman–Crippen LogP) is 6.16. The summed E-state index contributed by atoms with van der Waals surface area (Å²) in [7, 11) is 0. The van der Waals surface area contributed by atoms with E-state index in [-0.39, 0.29) is 5.69 Å². The maximum Gasteiger partial charge on any atom is 0.418 e.